The predicted octanol–water partition coefficient (Wildman–Crippen LogP) is 5.41. The molecule has 42 heavy (non-hydrogen) atoms. The Bertz CT molecular complexity index is 1590. The second kappa shape index (κ2) is 11.1. The molecule has 2 fully saturated rings. The minimum atomic E-state index is -0.440. The number of rotatable bonds is 7. The number of pyridine rings is 2. The maximum absolute atomic E-state index is 12.5. The van der Waals surface area contributed by atoms with Gasteiger partial charge in [0.2, 0.25) is 0 Å². The molecule has 0 bridgehead atoms. The van der Waals surface area contributed by atoms with E-state index in [1.807, 2.05) is 42.6 Å². The van der Waals surface area contributed by atoms with Crippen molar-refractivity contribution < 1.29 is 18.8 Å². The van der Waals surface area contributed by atoms with Gasteiger partial charge in [-0.05, 0) is 88.0 Å². The molecule has 0 aliphatic carbocycles. The molecule has 2 aliphatic rings. The fraction of sp³-hybridized carbons (Fsp3) is 0.364. The van der Waals surface area contributed by atoms with Crippen molar-refractivity contribution >= 4 is 41.0 Å². The van der Waals surface area contributed by atoms with Gasteiger partial charge >= 0.3 is 13.1 Å². The number of ether oxygens (including phenoxy) is 1. The van der Waals surface area contributed by atoms with Crippen LogP contribution in [0.5, 0.6) is 0 Å². The van der Waals surface area contributed by atoms with Crippen molar-refractivity contribution in [3.05, 3.63) is 89.7 Å². The lowest BCUT2D eigenvalue weighted by molar-refractivity contribution is 0.00578. The molecule has 9 heteroatoms. The normalized spacial score (nSPS) is 19.7. The Morgan fingerprint density at radius 1 is 1.05 bits per heavy atom. The number of nitrogens with zero attached hydrogens (tertiary/aromatic N) is 3. The van der Waals surface area contributed by atoms with Crippen LogP contribution in [-0.4, -0.2) is 58.4 Å². The van der Waals surface area contributed by atoms with Gasteiger partial charge in [0.15, 0.2) is 5.82 Å². The van der Waals surface area contributed by atoms with Crippen LogP contribution in [0.3, 0.4) is 0 Å². The molecule has 0 radical (unpaired) electrons. The van der Waals surface area contributed by atoms with Crippen LogP contribution < -0.4 is 10.8 Å². The highest BCUT2D eigenvalue weighted by Crippen LogP contribution is 2.37. The van der Waals surface area contributed by atoms with Gasteiger partial charge in [-0.15, -0.1) is 0 Å². The molecule has 8 nitrogen and oxygen atoms in total. The second-order valence-electron chi connectivity index (χ2n) is 12.2. The van der Waals surface area contributed by atoms with Crippen LogP contribution in [0, 0.1) is 6.92 Å². The van der Waals surface area contributed by atoms with E-state index in [2.05, 4.69) is 62.0 Å². The first-order valence-electron chi connectivity index (χ1n) is 14.5. The molecule has 0 unspecified atom stereocenters. The van der Waals surface area contributed by atoms with Gasteiger partial charge in [0.25, 0.3) is 0 Å². The van der Waals surface area contributed by atoms with Crippen LogP contribution in [0.4, 0.5) is 11.5 Å². The number of likely N-dealkylation sites (tertiary alicyclic amines) is 1. The highest BCUT2D eigenvalue weighted by atomic mass is 16.7. The molecule has 2 aliphatic heterocycles. The lowest BCUT2D eigenvalue weighted by Gasteiger charge is -2.32. The smallest absolute Gasteiger partial charge is 0.457 e. The summed E-state index contributed by atoms with van der Waals surface area (Å²) in [6, 6.07) is 19.4. The quantitative estimate of drug-likeness (QED) is 0.236. The van der Waals surface area contributed by atoms with Crippen molar-refractivity contribution in [2.24, 2.45) is 0 Å². The van der Waals surface area contributed by atoms with Crippen molar-refractivity contribution in [2.75, 3.05) is 18.4 Å². The number of aromatic nitrogens is 2. The standard InChI is InChI=1S/C33H37BN4O4/c1-22-27(34-41-32(2,3)33(4,5)42-34)12-9-13-28(22)37-30-29-25(14-16-35-30)18-23(19-36-29)20-38-17-15-26(21-38)40-31(39)24-10-7-6-8-11-24/h6-14,16,18-19,26H,15,17,20-21H2,1-5H3,(H,35,37)/t26-/m1/s1. The minimum absolute atomic E-state index is 0.109. The summed E-state index contributed by atoms with van der Waals surface area (Å²) in [5, 5.41) is 4.52. The summed E-state index contributed by atoms with van der Waals surface area (Å²) in [6.07, 6.45) is 4.43. The first-order valence-corrected chi connectivity index (χ1v) is 14.5. The Morgan fingerprint density at radius 3 is 2.57 bits per heavy atom. The number of anilines is 2. The van der Waals surface area contributed by atoms with E-state index in [1.165, 1.54) is 0 Å². The molecule has 4 aromatic rings. The number of carbonyl (C=O) groups is 1. The Kier molecular flexibility index (Phi) is 7.51. The van der Waals surface area contributed by atoms with E-state index in [-0.39, 0.29) is 12.1 Å². The van der Waals surface area contributed by atoms with E-state index in [4.69, 9.17) is 19.0 Å². The predicted molar refractivity (Wildman–Crippen MR) is 165 cm³/mol. The Labute approximate surface area is 247 Å². The van der Waals surface area contributed by atoms with E-state index in [1.54, 1.807) is 18.3 Å². The van der Waals surface area contributed by atoms with E-state index in [0.29, 0.717) is 17.9 Å². The molecule has 2 aromatic heterocycles. The number of nitrogens with one attached hydrogen (secondary N) is 1. The van der Waals surface area contributed by atoms with Gasteiger partial charge in [-0.3, -0.25) is 9.88 Å². The number of esters is 1. The number of hydrogen-bond acceptors (Lipinski definition) is 8. The number of carbonyl (C=O) groups excluding carboxylic acids is 1. The SMILES string of the molecule is Cc1c(Nc2nccc3cc(CN4CC[C@@H](OC(=O)c5ccccc5)C4)cnc23)cccc1B1OC(C)(C)C(C)(C)O1. The highest BCUT2D eigenvalue weighted by molar-refractivity contribution is 6.62. The average Bonchev–Trinajstić information content (AvgIpc) is 3.49. The number of benzene rings is 2. The largest absolute Gasteiger partial charge is 0.495 e. The summed E-state index contributed by atoms with van der Waals surface area (Å²) in [4.78, 5) is 24.2. The van der Waals surface area contributed by atoms with Gasteiger partial charge in [-0.2, -0.15) is 0 Å². The lowest BCUT2D eigenvalue weighted by atomic mass is 9.76. The van der Waals surface area contributed by atoms with E-state index in [0.717, 1.165) is 52.7 Å². The minimum Gasteiger partial charge on any atom is -0.457 e. The zero-order valence-electron chi connectivity index (χ0n) is 24.9. The maximum atomic E-state index is 12.5. The zero-order chi connectivity index (χ0) is 29.5. The lowest BCUT2D eigenvalue weighted by Crippen LogP contribution is -2.41. The van der Waals surface area contributed by atoms with Crippen LogP contribution in [0.15, 0.2) is 73.1 Å². The van der Waals surface area contributed by atoms with Crippen LogP contribution in [0.25, 0.3) is 10.9 Å². The van der Waals surface area contributed by atoms with Gasteiger partial charge in [-0.1, -0.05) is 30.3 Å². The summed E-state index contributed by atoms with van der Waals surface area (Å²) in [7, 11) is -0.440. The molecule has 1 atom stereocenters. The van der Waals surface area contributed by atoms with E-state index < -0.39 is 18.3 Å². The van der Waals surface area contributed by atoms with Gasteiger partial charge < -0.3 is 19.4 Å². The zero-order valence-corrected chi connectivity index (χ0v) is 24.9. The molecule has 6 rings (SSSR count). The maximum Gasteiger partial charge on any atom is 0.495 e. The summed E-state index contributed by atoms with van der Waals surface area (Å²) < 4.78 is 18.4. The molecule has 0 amide bonds. The van der Waals surface area contributed by atoms with Crippen molar-refractivity contribution in [1.29, 1.82) is 0 Å². The monoisotopic (exact) mass is 564 g/mol. The summed E-state index contributed by atoms with van der Waals surface area (Å²) in [5.74, 6) is 0.432. The third kappa shape index (κ3) is 5.64. The molecular weight excluding hydrogens is 527 g/mol. The van der Waals surface area contributed by atoms with Crippen LogP contribution >= 0.6 is 0 Å². The summed E-state index contributed by atoms with van der Waals surface area (Å²) >= 11 is 0. The summed E-state index contributed by atoms with van der Waals surface area (Å²) in [6.45, 7) is 12.6. The van der Waals surface area contributed by atoms with E-state index in [9.17, 15) is 4.79 Å². The third-order valence-corrected chi connectivity index (χ3v) is 8.71. The number of hydrogen-bond donors (Lipinski definition) is 1. The van der Waals surface area contributed by atoms with Crippen LogP contribution in [0.2, 0.25) is 0 Å². The van der Waals surface area contributed by atoms with Crippen molar-refractivity contribution in [3.8, 4) is 0 Å². The Balaban J connectivity index is 1.14. The molecule has 2 aromatic carbocycles. The second-order valence-corrected chi connectivity index (χ2v) is 12.2. The Morgan fingerprint density at radius 2 is 1.81 bits per heavy atom. The molecule has 0 spiro atoms. The van der Waals surface area contributed by atoms with Gasteiger partial charge in [0, 0.05) is 43.1 Å². The highest BCUT2D eigenvalue weighted by Gasteiger charge is 2.52. The molecular formula is C33H37BN4O4. The molecule has 4 heterocycles. The Hall–Kier alpha value is -3.79. The molecule has 216 valence electrons. The molecule has 1 N–H and O–H groups in total. The first-order chi connectivity index (χ1) is 20.1. The van der Waals surface area contributed by atoms with Gasteiger partial charge in [0.1, 0.15) is 11.6 Å². The fourth-order valence-electron chi connectivity index (χ4n) is 5.51. The van der Waals surface area contributed by atoms with Crippen molar-refractivity contribution in [1.82, 2.24) is 14.9 Å². The molecule has 2 saturated heterocycles. The van der Waals surface area contributed by atoms with Gasteiger partial charge in [0.05, 0.1) is 16.8 Å². The first kappa shape index (κ1) is 28.3. The van der Waals surface area contributed by atoms with Gasteiger partial charge in [-0.25, -0.2) is 9.78 Å². The van der Waals surface area contributed by atoms with Crippen LogP contribution in [0.1, 0.15) is 55.6 Å². The molecule has 0 saturated carbocycles. The fourth-order valence-corrected chi connectivity index (χ4v) is 5.51. The van der Waals surface area contributed by atoms with Crippen molar-refractivity contribution in [2.45, 2.75) is 64.9 Å². The van der Waals surface area contributed by atoms with E-state index >= 15 is 0 Å². The average molecular weight is 564 g/mol. The topological polar surface area (TPSA) is 85.8 Å². The third-order valence-electron chi connectivity index (χ3n) is 8.71. The van der Waals surface area contributed by atoms with Crippen LogP contribution in [-0.2, 0) is 20.6 Å². The summed E-state index contributed by atoms with van der Waals surface area (Å²) in [5.41, 5.74) is 4.65. The number of fused-ring (bicyclic) bond motifs is 1. The van der Waals surface area contributed by atoms with Crippen molar-refractivity contribution in [3.63, 3.8) is 0 Å².